The highest BCUT2D eigenvalue weighted by atomic mass is 32.2. The summed E-state index contributed by atoms with van der Waals surface area (Å²) in [6, 6.07) is 28.4. The first-order valence-electron chi connectivity index (χ1n) is 9.32. The molecule has 0 atom stereocenters. The van der Waals surface area contributed by atoms with Gasteiger partial charge in [0.05, 0.1) is 11.9 Å². The molecular weight excluding hydrogens is 378 g/mol. The van der Waals surface area contributed by atoms with E-state index in [-0.39, 0.29) is 0 Å². The van der Waals surface area contributed by atoms with Crippen molar-refractivity contribution in [2.45, 2.75) is 10.8 Å². The Labute approximate surface area is 172 Å². The van der Waals surface area contributed by atoms with E-state index in [0.717, 1.165) is 38.4 Å². The Kier molecular flexibility index (Phi) is 4.80. The van der Waals surface area contributed by atoms with Crippen LogP contribution in [0.4, 0.5) is 0 Å². The van der Waals surface area contributed by atoms with Gasteiger partial charge in [0.2, 0.25) is 5.89 Å². The number of aromatic nitrogens is 3. The van der Waals surface area contributed by atoms with E-state index in [4.69, 9.17) is 4.42 Å². The molecule has 0 radical (unpaired) electrons. The summed E-state index contributed by atoms with van der Waals surface area (Å²) in [6.07, 6.45) is 1.77. The molecule has 0 saturated heterocycles. The number of oxazole rings is 1. The van der Waals surface area contributed by atoms with Crippen LogP contribution in [0.15, 0.2) is 101 Å². The molecular formula is C24H17N3OS. The molecule has 29 heavy (non-hydrogen) atoms. The number of nitrogens with zero attached hydrogens (tertiary/aromatic N) is 3. The van der Waals surface area contributed by atoms with Gasteiger partial charge in [-0.3, -0.25) is 0 Å². The van der Waals surface area contributed by atoms with Crippen molar-refractivity contribution in [3.8, 4) is 22.6 Å². The maximum absolute atomic E-state index is 5.92. The molecule has 5 heteroatoms. The average Bonchev–Trinajstić information content (AvgIpc) is 3.28. The zero-order chi connectivity index (χ0) is 19.5. The van der Waals surface area contributed by atoms with Gasteiger partial charge in [-0.15, -0.1) is 10.2 Å². The molecule has 0 aliphatic carbocycles. The van der Waals surface area contributed by atoms with Gasteiger partial charge in [-0.1, -0.05) is 96.7 Å². The van der Waals surface area contributed by atoms with Gasteiger partial charge >= 0.3 is 0 Å². The van der Waals surface area contributed by atoms with Crippen LogP contribution < -0.4 is 0 Å². The Balaban J connectivity index is 1.43. The van der Waals surface area contributed by atoms with Crippen molar-refractivity contribution in [1.29, 1.82) is 0 Å². The molecule has 5 aromatic rings. The first-order chi connectivity index (χ1) is 14.4. The fraction of sp³-hybridized carbons (Fsp3) is 0.0417. The van der Waals surface area contributed by atoms with E-state index in [2.05, 4.69) is 39.4 Å². The van der Waals surface area contributed by atoms with Gasteiger partial charge in [0.15, 0.2) is 5.76 Å². The molecule has 2 aromatic heterocycles. The molecule has 4 nitrogen and oxygen atoms in total. The Morgan fingerprint density at radius 2 is 1.34 bits per heavy atom. The first kappa shape index (κ1) is 17.6. The monoisotopic (exact) mass is 395 g/mol. The van der Waals surface area contributed by atoms with Gasteiger partial charge in [0.1, 0.15) is 10.7 Å². The van der Waals surface area contributed by atoms with Gasteiger partial charge in [-0.05, 0) is 0 Å². The molecule has 0 spiro atoms. The lowest BCUT2D eigenvalue weighted by molar-refractivity contribution is 0.530. The largest absolute Gasteiger partial charge is 0.440 e. The topological polar surface area (TPSA) is 51.8 Å². The molecule has 3 aromatic carbocycles. The number of fused-ring (bicyclic) bond motifs is 1. The van der Waals surface area contributed by atoms with Gasteiger partial charge in [-0.2, -0.15) is 0 Å². The van der Waals surface area contributed by atoms with Gasteiger partial charge in [-0.25, -0.2) is 4.98 Å². The molecule has 140 valence electrons. The van der Waals surface area contributed by atoms with Gasteiger partial charge in [0, 0.05) is 21.9 Å². The number of rotatable bonds is 5. The van der Waals surface area contributed by atoms with Gasteiger partial charge in [0.25, 0.3) is 0 Å². The van der Waals surface area contributed by atoms with Crippen LogP contribution in [0.5, 0.6) is 0 Å². The van der Waals surface area contributed by atoms with E-state index >= 15 is 0 Å². The summed E-state index contributed by atoms with van der Waals surface area (Å²) < 4.78 is 5.92. The van der Waals surface area contributed by atoms with Crippen molar-refractivity contribution in [2.75, 3.05) is 0 Å². The summed E-state index contributed by atoms with van der Waals surface area (Å²) in [6.45, 7) is 0. The fourth-order valence-corrected chi connectivity index (χ4v) is 4.06. The van der Waals surface area contributed by atoms with Crippen LogP contribution in [0, 0.1) is 0 Å². The predicted molar refractivity (Wildman–Crippen MR) is 116 cm³/mol. The van der Waals surface area contributed by atoms with Crippen molar-refractivity contribution in [3.63, 3.8) is 0 Å². The van der Waals surface area contributed by atoms with E-state index in [1.807, 2.05) is 60.7 Å². The lowest BCUT2D eigenvalue weighted by Crippen LogP contribution is -1.94. The van der Waals surface area contributed by atoms with Crippen LogP contribution in [0.25, 0.3) is 33.4 Å². The molecule has 2 heterocycles. The summed E-state index contributed by atoms with van der Waals surface area (Å²) >= 11 is 1.59. The van der Waals surface area contributed by atoms with Crippen LogP contribution >= 0.6 is 11.8 Å². The summed E-state index contributed by atoms with van der Waals surface area (Å²) in [5.41, 5.74) is 2.98. The van der Waals surface area contributed by atoms with Crippen LogP contribution in [-0.2, 0) is 5.75 Å². The van der Waals surface area contributed by atoms with Crippen LogP contribution in [0.1, 0.15) is 5.89 Å². The highest BCUT2D eigenvalue weighted by Crippen LogP contribution is 2.33. The minimum absolute atomic E-state index is 0.593. The second-order valence-corrected chi connectivity index (χ2v) is 7.50. The number of hydrogen-bond donors (Lipinski definition) is 0. The summed E-state index contributed by atoms with van der Waals surface area (Å²) in [4.78, 5) is 4.42. The molecule has 0 amide bonds. The van der Waals surface area contributed by atoms with Crippen molar-refractivity contribution in [2.24, 2.45) is 0 Å². The Bertz CT molecular complexity index is 1250. The Hall–Kier alpha value is -3.44. The van der Waals surface area contributed by atoms with Crippen LogP contribution in [0.2, 0.25) is 0 Å². The SMILES string of the molecule is c1ccc(-c2cnc(CSc3nnc(-c4ccccc4)c4ccccc34)o2)cc1. The number of benzene rings is 3. The standard InChI is InChI=1S/C24H17N3OS/c1-3-9-17(10-4-1)21-15-25-22(28-21)16-29-24-20-14-8-7-13-19(20)23(26-27-24)18-11-5-2-6-12-18/h1-15H,16H2. The lowest BCUT2D eigenvalue weighted by atomic mass is 10.1. The maximum Gasteiger partial charge on any atom is 0.205 e. The Morgan fingerprint density at radius 1 is 0.690 bits per heavy atom. The summed E-state index contributed by atoms with van der Waals surface area (Å²) in [7, 11) is 0. The van der Waals surface area contributed by atoms with E-state index in [0.29, 0.717) is 11.6 Å². The van der Waals surface area contributed by atoms with E-state index in [1.165, 1.54) is 0 Å². The quantitative estimate of drug-likeness (QED) is 0.330. The van der Waals surface area contributed by atoms with E-state index < -0.39 is 0 Å². The van der Waals surface area contributed by atoms with Gasteiger partial charge < -0.3 is 4.42 Å². The number of thioether (sulfide) groups is 1. The molecule has 0 aliphatic rings. The average molecular weight is 395 g/mol. The van der Waals surface area contributed by atoms with Crippen LogP contribution in [-0.4, -0.2) is 15.2 Å². The molecule has 0 fully saturated rings. The normalized spacial score (nSPS) is 11.0. The van der Waals surface area contributed by atoms with Crippen molar-refractivity contribution in [1.82, 2.24) is 15.2 Å². The third-order valence-electron chi connectivity index (χ3n) is 4.64. The predicted octanol–water partition coefficient (Wildman–Crippen LogP) is 6.24. The summed E-state index contributed by atoms with van der Waals surface area (Å²) in [5, 5.41) is 12.1. The highest BCUT2D eigenvalue weighted by molar-refractivity contribution is 7.98. The molecule has 0 unspecified atom stereocenters. The zero-order valence-corrected chi connectivity index (χ0v) is 16.3. The smallest absolute Gasteiger partial charge is 0.205 e. The zero-order valence-electron chi connectivity index (χ0n) is 15.5. The minimum atomic E-state index is 0.593. The maximum atomic E-state index is 5.92. The second kappa shape index (κ2) is 7.89. The van der Waals surface area contributed by atoms with Crippen molar-refractivity contribution in [3.05, 3.63) is 97.0 Å². The lowest BCUT2D eigenvalue weighted by Gasteiger charge is -2.08. The van der Waals surface area contributed by atoms with Crippen molar-refractivity contribution >= 4 is 22.5 Å². The fourth-order valence-electron chi connectivity index (χ4n) is 3.24. The third kappa shape index (κ3) is 3.65. The Morgan fingerprint density at radius 3 is 2.10 bits per heavy atom. The van der Waals surface area contributed by atoms with E-state index in [9.17, 15) is 0 Å². The molecule has 5 rings (SSSR count). The van der Waals surface area contributed by atoms with Crippen LogP contribution in [0.3, 0.4) is 0 Å². The van der Waals surface area contributed by atoms with Crippen molar-refractivity contribution < 1.29 is 4.42 Å². The molecule has 0 bridgehead atoms. The highest BCUT2D eigenvalue weighted by Gasteiger charge is 2.13. The molecule has 0 aliphatic heterocycles. The molecule has 0 N–H and O–H groups in total. The molecule has 0 saturated carbocycles. The second-order valence-electron chi connectivity index (χ2n) is 6.54. The number of hydrogen-bond acceptors (Lipinski definition) is 5. The van der Waals surface area contributed by atoms with E-state index in [1.54, 1.807) is 18.0 Å². The summed E-state index contributed by atoms with van der Waals surface area (Å²) in [5.74, 6) is 2.04. The first-order valence-corrected chi connectivity index (χ1v) is 10.3. The minimum Gasteiger partial charge on any atom is -0.440 e. The third-order valence-corrected chi connectivity index (χ3v) is 5.61.